The van der Waals surface area contributed by atoms with Gasteiger partial charge in [-0.1, -0.05) is 24.0 Å². The average Bonchev–Trinajstić information content (AvgIpc) is 3.51. The van der Waals surface area contributed by atoms with Gasteiger partial charge in [-0.2, -0.15) is 26.3 Å². The van der Waals surface area contributed by atoms with Gasteiger partial charge >= 0.3 is 18.3 Å². The average molecular weight is 710 g/mol. The Morgan fingerprint density at radius 1 is 0.956 bits per heavy atom. The summed E-state index contributed by atoms with van der Waals surface area (Å²) in [4.78, 5) is 24.4. The number of unbranched alkanes of at least 4 members (excludes halogenated alkanes) is 1. The van der Waals surface area contributed by atoms with Gasteiger partial charge in [0.25, 0.3) is 5.91 Å². The Kier molecular flexibility index (Phi) is 10.3. The predicted molar refractivity (Wildman–Crippen MR) is 163 cm³/mol. The normalized spacial score (nSPS) is 15.2. The Balaban J connectivity index is 1.34. The first-order valence-electron chi connectivity index (χ1n) is 12.7. The van der Waals surface area contributed by atoms with Crippen molar-refractivity contribution in [3.63, 3.8) is 0 Å². The largest absolute Gasteiger partial charge is 0.478 e. The lowest BCUT2D eigenvalue weighted by atomic mass is 10.0. The van der Waals surface area contributed by atoms with Crippen molar-refractivity contribution in [1.29, 1.82) is 0 Å². The Morgan fingerprint density at radius 2 is 1.58 bits per heavy atom. The summed E-state index contributed by atoms with van der Waals surface area (Å²) in [5.41, 5.74) is -0.00774. The first-order valence-corrected chi connectivity index (χ1v) is 16.4. The van der Waals surface area contributed by atoms with Crippen molar-refractivity contribution in [2.75, 3.05) is 17.0 Å². The maximum absolute atomic E-state index is 13.3. The van der Waals surface area contributed by atoms with Gasteiger partial charge < -0.3 is 5.11 Å². The minimum absolute atomic E-state index is 0.00722. The first kappa shape index (κ1) is 34.4. The molecule has 3 aromatic rings. The van der Waals surface area contributed by atoms with Gasteiger partial charge in [-0.05, 0) is 84.0 Å². The summed E-state index contributed by atoms with van der Waals surface area (Å²) in [6.07, 6.45) is -8.00. The van der Waals surface area contributed by atoms with Crippen LogP contribution in [0.4, 0.5) is 32.0 Å². The van der Waals surface area contributed by atoms with Crippen molar-refractivity contribution in [2.24, 2.45) is 0 Å². The third-order valence-corrected chi connectivity index (χ3v) is 9.68. The number of nitrogens with one attached hydrogen (secondary N) is 2. The van der Waals surface area contributed by atoms with Crippen LogP contribution in [-0.2, 0) is 27.2 Å². The van der Waals surface area contributed by atoms with E-state index in [2.05, 4.69) is 10.1 Å². The van der Waals surface area contributed by atoms with E-state index in [4.69, 9.17) is 17.3 Å². The molecular formula is C27H21F6N3O5S4. The van der Waals surface area contributed by atoms with Crippen LogP contribution >= 0.6 is 35.3 Å². The lowest BCUT2D eigenvalue weighted by Gasteiger charge is -2.15. The molecule has 1 aliphatic heterocycles. The van der Waals surface area contributed by atoms with E-state index in [1.807, 2.05) is 0 Å². The zero-order valence-corrected chi connectivity index (χ0v) is 25.8. The molecule has 8 nitrogen and oxygen atoms in total. The predicted octanol–water partition coefficient (Wildman–Crippen LogP) is 7.08. The molecular weight excluding hydrogens is 689 g/mol. The summed E-state index contributed by atoms with van der Waals surface area (Å²) in [5.74, 6) is -1.92. The fourth-order valence-electron chi connectivity index (χ4n) is 3.95. The van der Waals surface area contributed by atoms with Gasteiger partial charge in [0.2, 0.25) is 10.0 Å². The number of carboxylic acids is 1. The van der Waals surface area contributed by atoms with Crippen molar-refractivity contribution < 1.29 is 49.5 Å². The molecule has 0 atom stereocenters. The van der Waals surface area contributed by atoms with Crippen molar-refractivity contribution >= 4 is 73.3 Å². The zero-order valence-electron chi connectivity index (χ0n) is 22.5. The lowest BCUT2D eigenvalue weighted by Crippen LogP contribution is -2.41. The molecule has 1 saturated heterocycles. The number of nitrogens with zero attached hydrogens (tertiary/aromatic N) is 1. The van der Waals surface area contributed by atoms with Crippen molar-refractivity contribution in [3.05, 3.63) is 80.4 Å². The molecule has 3 N–H and O–H groups in total. The molecule has 0 unspecified atom stereocenters. The second kappa shape index (κ2) is 13.5. The van der Waals surface area contributed by atoms with E-state index in [9.17, 15) is 44.3 Å². The van der Waals surface area contributed by atoms with Crippen LogP contribution in [0.1, 0.15) is 39.2 Å². The number of carboxylic acid groups (broad SMARTS) is 1. The lowest BCUT2D eigenvalue weighted by molar-refractivity contribution is -0.143. The van der Waals surface area contributed by atoms with E-state index in [0.717, 1.165) is 28.1 Å². The van der Waals surface area contributed by atoms with Crippen LogP contribution < -0.4 is 10.1 Å². The number of thiocarbonyl (C=S) groups is 1. The van der Waals surface area contributed by atoms with Crippen LogP contribution in [-0.4, -0.2) is 47.0 Å². The number of thiophene rings is 1. The fraction of sp³-hybridized carbons (Fsp3) is 0.222. The number of carbonyl (C=O) groups excluding carboxylic acids is 1. The molecule has 0 saturated carbocycles. The highest BCUT2D eigenvalue weighted by molar-refractivity contribution is 8.26. The number of aromatic carboxylic acids is 1. The molecule has 1 aliphatic rings. The standard InChI is InChI=1S/C27H21F6N3O5S4/c28-26(29,30)18-9-16(10-19(12-18)27(31,32)33)17-11-21(43-14-17)13-22-23(37)36(25(42)44-22)34-7-1-2-8-45(40,41)35-20-5-3-15(4-6-20)24(38)39/h3-6,9-14,34-35H,1-2,7-8H2,(H,38,39)/b22-13-. The van der Waals surface area contributed by atoms with Gasteiger partial charge in [0.15, 0.2) is 4.32 Å². The molecule has 1 aromatic heterocycles. The molecule has 0 radical (unpaired) electrons. The minimum Gasteiger partial charge on any atom is -0.478 e. The van der Waals surface area contributed by atoms with Crippen LogP contribution in [0.2, 0.25) is 0 Å². The molecule has 0 bridgehead atoms. The minimum atomic E-state index is -4.99. The number of amides is 1. The van der Waals surface area contributed by atoms with E-state index in [1.165, 1.54) is 41.8 Å². The van der Waals surface area contributed by atoms with Crippen LogP contribution in [0.25, 0.3) is 17.2 Å². The third kappa shape index (κ3) is 9.06. The quantitative estimate of drug-likeness (QED) is 0.0838. The molecule has 2 heterocycles. The summed E-state index contributed by atoms with van der Waals surface area (Å²) in [6, 6.07) is 7.87. The highest BCUT2D eigenvalue weighted by atomic mass is 32.2. The maximum atomic E-state index is 13.3. The van der Waals surface area contributed by atoms with Gasteiger partial charge in [0.05, 0.1) is 27.3 Å². The second-order valence-electron chi connectivity index (χ2n) is 9.47. The first-order chi connectivity index (χ1) is 20.9. The number of benzene rings is 2. The number of carbonyl (C=O) groups is 2. The van der Waals surface area contributed by atoms with E-state index in [0.29, 0.717) is 23.4 Å². The number of anilines is 1. The van der Waals surface area contributed by atoms with E-state index < -0.39 is 45.4 Å². The molecule has 0 spiro atoms. The zero-order chi connectivity index (χ0) is 33.2. The smallest absolute Gasteiger partial charge is 0.416 e. The molecule has 1 amide bonds. The van der Waals surface area contributed by atoms with Crippen LogP contribution in [0.5, 0.6) is 0 Å². The SMILES string of the molecule is O=C(O)c1ccc(NS(=O)(=O)CCCCNN2C(=O)/C(=C/c3cc(-c4cc(C(F)(F)F)cc(C(F)(F)F)c4)cs3)SC2=S)cc1. The number of rotatable bonds is 11. The maximum Gasteiger partial charge on any atom is 0.416 e. The summed E-state index contributed by atoms with van der Waals surface area (Å²) >= 11 is 7.19. The number of hydrogen-bond donors (Lipinski definition) is 3. The molecule has 45 heavy (non-hydrogen) atoms. The fourth-order valence-corrected chi connectivity index (χ4v) is 7.27. The molecule has 0 aliphatic carbocycles. The highest BCUT2D eigenvalue weighted by Crippen LogP contribution is 2.40. The molecule has 2 aromatic carbocycles. The molecule has 240 valence electrons. The van der Waals surface area contributed by atoms with Gasteiger partial charge in [-0.3, -0.25) is 9.52 Å². The molecule has 1 fully saturated rings. The number of hydrazine groups is 1. The van der Waals surface area contributed by atoms with E-state index in [1.54, 1.807) is 0 Å². The van der Waals surface area contributed by atoms with Gasteiger partial charge in [-0.15, -0.1) is 11.3 Å². The Morgan fingerprint density at radius 3 is 2.16 bits per heavy atom. The van der Waals surface area contributed by atoms with Crippen LogP contribution in [0.15, 0.2) is 58.8 Å². The van der Waals surface area contributed by atoms with Gasteiger partial charge in [-0.25, -0.2) is 23.6 Å². The van der Waals surface area contributed by atoms with Gasteiger partial charge in [0.1, 0.15) is 0 Å². The number of sulfonamides is 1. The highest BCUT2D eigenvalue weighted by Gasteiger charge is 2.37. The summed E-state index contributed by atoms with van der Waals surface area (Å²) in [6.45, 7) is 0.183. The molecule has 18 heteroatoms. The molecule has 4 rings (SSSR count). The van der Waals surface area contributed by atoms with E-state index in [-0.39, 0.29) is 56.4 Å². The Labute approximate surface area is 266 Å². The van der Waals surface area contributed by atoms with Crippen molar-refractivity contribution in [1.82, 2.24) is 10.4 Å². The van der Waals surface area contributed by atoms with Crippen molar-refractivity contribution in [2.45, 2.75) is 25.2 Å². The summed E-state index contributed by atoms with van der Waals surface area (Å²) in [5, 5.41) is 11.4. The Hall–Kier alpha value is -3.45. The monoisotopic (exact) mass is 709 g/mol. The number of thioether (sulfide) groups is 1. The van der Waals surface area contributed by atoms with Gasteiger partial charge in [0, 0.05) is 17.1 Å². The number of hydrogen-bond acceptors (Lipinski definition) is 8. The van der Waals surface area contributed by atoms with E-state index >= 15 is 0 Å². The summed E-state index contributed by atoms with van der Waals surface area (Å²) < 4.78 is 107. The number of alkyl halides is 6. The topological polar surface area (TPSA) is 116 Å². The van der Waals surface area contributed by atoms with Crippen LogP contribution in [0.3, 0.4) is 0 Å². The third-order valence-electron chi connectivity index (χ3n) is 6.12. The Bertz CT molecular complexity index is 1720. The summed E-state index contributed by atoms with van der Waals surface area (Å²) in [7, 11) is -3.72. The number of halogens is 6. The second-order valence-corrected chi connectivity index (χ2v) is 13.9. The van der Waals surface area contributed by atoms with Crippen LogP contribution in [0, 0.1) is 0 Å². The van der Waals surface area contributed by atoms with Crippen molar-refractivity contribution in [3.8, 4) is 11.1 Å².